The molecule has 0 radical (unpaired) electrons. The minimum absolute atomic E-state index is 0.0994. The van der Waals surface area contributed by atoms with Gasteiger partial charge in [-0.3, -0.25) is 9.69 Å². The van der Waals surface area contributed by atoms with Gasteiger partial charge in [-0.1, -0.05) is 0 Å². The van der Waals surface area contributed by atoms with Crippen LogP contribution in [0.2, 0.25) is 0 Å². The number of carboxylic acids is 1. The van der Waals surface area contributed by atoms with Gasteiger partial charge in [0.25, 0.3) is 0 Å². The summed E-state index contributed by atoms with van der Waals surface area (Å²) in [7, 11) is 0. The number of aliphatic hydroxyl groups excluding tert-OH is 1. The van der Waals surface area contributed by atoms with Crippen molar-refractivity contribution in [2.45, 2.75) is 52.7 Å². The van der Waals surface area contributed by atoms with Crippen LogP contribution in [0.5, 0.6) is 0 Å². The van der Waals surface area contributed by atoms with Crippen LogP contribution in [0.15, 0.2) is 0 Å². The third-order valence-corrected chi connectivity index (χ3v) is 4.30. The summed E-state index contributed by atoms with van der Waals surface area (Å²) in [6, 6.07) is 0.0994. The molecule has 3 atom stereocenters. The first-order valence-electron chi connectivity index (χ1n) is 6.42. The zero-order valence-electron chi connectivity index (χ0n) is 11.3. The van der Waals surface area contributed by atoms with E-state index in [9.17, 15) is 15.0 Å². The van der Waals surface area contributed by atoms with Crippen molar-refractivity contribution in [1.82, 2.24) is 4.90 Å². The van der Waals surface area contributed by atoms with Crippen molar-refractivity contribution in [2.75, 3.05) is 13.1 Å². The second-order valence-corrected chi connectivity index (χ2v) is 5.84. The summed E-state index contributed by atoms with van der Waals surface area (Å²) in [5.74, 6) is -0.566. The summed E-state index contributed by atoms with van der Waals surface area (Å²) < 4.78 is 0. The molecule has 0 aromatic carbocycles. The lowest BCUT2D eigenvalue weighted by molar-refractivity contribution is -0.151. The highest BCUT2D eigenvalue weighted by molar-refractivity contribution is 5.74. The third kappa shape index (κ3) is 3.19. The molecule has 2 N–H and O–H groups in total. The number of hydrogen-bond acceptors (Lipinski definition) is 3. The third-order valence-electron chi connectivity index (χ3n) is 4.30. The van der Waals surface area contributed by atoms with Crippen molar-refractivity contribution in [2.24, 2.45) is 11.3 Å². The van der Waals surface area contributed by atoms with E-state index in [-0.39, 0.29) is 18.1 Å². The minimum Gasteiger partial charge on any atom is -0.481 e. The van der Waals surface area contributed by atoms with Gasteiger partial charge in [0.2, 0.25) is 0 Å². The van der Waals surface area contributed by atoms with Crippen molar-refractivity contribution in [3.05, 3.63) is 0 Å². The zero-order chi connectivity index (χ0) is 13.2. The average molecular weight is 243 g/mol. The minimum atomic E-state index is -0.728. The number of carboxylic acid groups (broad SMARTS) is 1. The van der Waals surface area contributed by atoms with Crippen LogP contribution in [0.25, 0.3) is 0 Å². The van der Waals surface area contributed by atoms with Crippen molar-refractivity contribution in [3.63, 3.8) is 0 Å². The fraction of sp³-hybridized carbons (Fsp3) is 0.923. The molecule has 100 valence electrons. The molecule has 1 heterocycles. The van der Waals surface area contributed by atoms with Crippen LogP contribution < -0.4 is 0 Å². The maximum atomic E-state index is 11.3. The molecule has 1 aliphatic heterocycles. The fourth-order valence-electron chi connectivity index (χ4n) is 2.45. The van der Waals surface area contributed by atoms with Gasteiger partial charge in [-0.2, -0.15) is 0 Å². The molecule has 1 fully saturated rings. The lowest BCUT2D eigenvalue weighted by Crippen LogP contribution is -2.50. The molecule has 4 nitrogen and oxygen atoms in total. The van der Waals surface area contributed by atoms with E-state index in [4.69, 9.17) is 0 Å². The highest BCUT2D eigenvalue weighted by Crippen LogP contribution is 2.34. The topological polar surface area (TPSA) is 60.8 Å². The van der Waals surface area contributed by atoms with Crippen molar-refractivity contribution < 1.29 is 15.0 Å². The standard InChI is InChI=1S/C13H25NO3/c1-9(10(2)15)14-7-5-6-11(8-14)13(3,4)12(16)17/h9-11,15H,5-8H2,1-4H3,(H,16,17). The molecule has 0 aromatic heterocycles. The molecule has 0 aliphatic carbocycles. The van der Waals surface area contributed by atoms with E-state index in [0.29, 0.717) is 0 Å². The van der Waals surface area contributed by atoms with Crippen LogP contribution in [0, 0.1) is 11.3 Å². The van der Waals surface area contributed by atoms with Gasteiger partial charge in [0, 0.05) is 12.6 Å². The van der Waals surface area contributed by atoms with Crippen LogP contribution in [0.4, 0.5) is 0 Å². The Morgan fingerprint density at radius 1 is 1.41 bits per heavy atom. The highest BCUT2D eigenvalue weighted by Gasteiger charge is 2.40. The molecular weight excluding hydrogens is 218 g/mol. The van der Waals surface area contributed by atoms with Gasteiger partial charge in [-0.05, 0) is 53.0 Å². The number of aliphatic hydroxyl groups is 1. The second kappa shape index (κ2) is 5.36. The van der Waals surface area contributed by atoms with Gasteiger partial charge >= 0.3 is 5.97 Å². The Hall–Kier alpha value is -0.610. The van der Waals surface area contributed by atoms with E-state index in [1.54, 1.807) is 20.8 Å². The van der Waals surface area contributed by atoms with Crippen LogP contribution in [0.3, 0.4) is 0 Å². The van der Waals surface area contributed by atoms with Gasteiger partial charge < -0.3 is 10.2 Å². The number of nitrogens with zero attached hydrogens (tertiary/aromatic N) is 1. The first kappa shape index (κ1) is 14.5. The monoisotopic (exact) mass is 243 g/mol. The molecule has 0 spiro atoms. The molecule has 0 bridgehead atoms. The number of rotatable bonds is 4. The SMILES string of the molecule is CC(O)C(C)N1CCCC(C(C)(C)C(=O)O)C1. The summed E-state index contributed by atoms with van der Waals surface area (Å²) >= 11 is 0. The summed E-state index contributed by atoms with van der Waals surface area (Å²) in [4.78, 5) is 13.5. The van der Waals surface area contributed by atoms with E-state index >= 15 is 0 Å². The average Bonchev–Trinajstić information content (AvgIpc) is 2.27. The van der Waals surface area contributed by atoms with Gasteiger partial charge in [0.15, 0.2) is 0 Å². The largest absolute Gasteiger partial charge is 0.481 e. The van der Waals surface area contributed by atoms with Crippen molar-refractivity contribution in [3.8, 4) is 0 Å². The molecule has 0 saturated carbocycles. The Morgan fingerprint density at radius 2 is 2.00 bits per heavy atom. The molecule has 4 heteroatoms. The maximum Gasteiger partial charge on any atom is 0.309 e. The summed E-state index contributed by atoms with van der Waals surface area (Å²) in [5, 5.41) is 18.9. The molecule has 0 amide bonds. The Bertz CT molecular complexity index is 276. The van der Waals surface area contributed by atoms with Crippen LogP contribution in [-0.4, -0.2) is 46.3 Å². The van der Waals surface area contributed by atoms with Crippen LogP contribution in [0.1, 0.15) is 40.5 Å². The van der Waals surface area contributed by atoms with E-state index in [0.717, 1.165) is 25.9 Å². The Kier molecular flexibility index (Phi) is 4.55. The van der Waals surface area contributed by atoms with Crippen molar-refractivity contribution >= 4 is 5.97 Å². The van der Waals surface area contributed by atoms with Crippen LogP contribution in [-0.2, 0) is 4.79 Å². The lowest BCUT2D eigenvalue weighted by Gasteiger charge is -2.42. The van der Waals surface area contributed by atoms with E-state index in [1.807, 2.05) is 6.92 Å². The number of aliphatic carboxylic acids is 1. The molecular formula is C13H25NO3. The highest BCUT2D eigenvalue weighted by atomic mass is 16.4. The second-order valence-electron chi connectivity index (χ2n) is 5.84. The predicted molar refractivity (Wildman–Crippen MR) is 66.9 cm³/mol. The predicted octanol–water partition coefficient (Wildman–Crippen LogP) is 1.58. The van der Waals surface area contributed by atoms with Gasteiger partial charge in [-0.25, -0.2) is 0 Å². The zero-order valence-corrected chi connectivity index (χ0v) is 11.3. The molecule has 3 unspecified atom stereocenters. The molecule has 1 aliphatic rings. The van der Waals surface area contributed by atoms with E-state index in [2.05, 4.69) is 4.90 Å². The lowest BCUT2D eigenvalue weighted by atomic mass is 9.74. The van der Waals surface area contributed by atoms with Crippen LogP contribution >= 0.6 is 0 Å². The molecule has 0 aromatic rings. The Labute approximate surface area is 104 Å². The number of hydrogen-bond donors (Lipinski definition) is 2. The Morgan fingerprint density at radius 3 is 2.47 bits per heavy atom. The summed E-state index contributed by atoms with van der Waals surface area (Å²) in [5.41, 5.74) is -0.683. The maximum absolute atomic E-state index is 11.3. The van der Waals surface area contributed by atoms with Gasteiger partial charge in [0.05, 0.1) is 11.5 Å². The Balaban J connectivity index is 2.70. The molecule has 1 rings (SSSR count). The van der Waals surface area contributed by atoms with E-state index in [1.165, 1.54) is 0 Å². The number of carbonyl (C=O) groups is 1. The molecule has 17 heavy (non-hydrogen) atoms. The number of likely N-dealkylation sites (tertiary alicyclic amines) is 1. The molecule has 1 saturated heterocycles. The fourth-order valence-corrected chi connectivity index (χ4v) is 2.45. The van der Waals surface area contributed by atoms with Gasteiger partial charge in [-0.15, -0.1) is 0 Å². The first-order chi connectivity index (χ1) is 7.76. The van der Waals surface area contributed by atoms with Crippen molar-refractivity contribution in [1.29, 1.82) is 0 Å². The summed E-state index contributed by atoms with van der Waals surface area (Å²) in [6.07, 6.45) is 1.60. The summed E-state index contributed by atoms with van der Waals surface area (Å²) in [6.45, 7) is 9.12. The number of piperidine rings is 1. The first-order valence-corrected chi connectivity index (χ1v) is 6.42. The van der Waals surface area contributed by atoms with E-state index < -0.39 is 11.4 Å². The van der Waals surface area contributed by atoms with Gasteiger partial charge in [0.1, 0.15) is 0 Å². The normalized spacial score (nSPS) is 26.5. The quantitative estimate of drug-likeness (QED) is 0.787. The smallest absolute Gasteiger partial charge is 0.309 e.